The van der Waals surface area contributed by atoms with Crippen LogP contribution in [0.5, 0.6) is 23.0 Å². The Morgan fingerprint density at radius 2 is 0.640 bits per heavy atom. The Hall–Kier alpha value is -10.8. The highest BCUT2D eigenvalue weighted by Gasteiger charge is 2.39. The van der Waals surface area contributed by atoms with E-state index in [0.717, 1.165) is 11.1 Å². The molecule has 0 radical (unpaired) electrons. The highest BCUT2D eigenvalue weighted by molar-refractivity contribution is 5.88. The van der Waals surface area contributed by atoms with E-state index in [0.29, 0.717) is 38.9 Å². The summed E-state index contributed by atoms with van der Waals surface area (Å²) in [5.41, 5.74) is 4.92. The molecule has 6 aromatic rings. The number of carbonyl (C=O) groups is 8. The summed E-state index contributed by atoms with van der Waals surface area (Å²) >= 11 is 0. The van der Waals surface area contributed by atoms with Crippen molar-refractivity contribution in [2.45, 2.75) is 40.0 Å². The van der Waals surface area contributed by atoms with Crippen LogP contribution in [0.25, 0.3) is 33.4 Å². The molecule has 86 heavy (non-hydrogen) atoms. The lowest BCUT2D eigenvalue weighted by atomic mass is 9.69. The summed E-state index contributed by atoms with van der Waals surface area (Å²) in [6.07, 6.45) is -3.39. The number of hydrogen-bond donors (Lipinski definition) is 4. The molecule has 0 aliphatic carbocycles. The molecule has 0 aliphatic heterocycles. The van der Waals surface area contributed by atoms with Gasteiger partial charge in [-0.3, -0.25) is 0 Å². The second kappa shape index (κ2) is 31.1. The lowest BCUT2D eigenvalue weighted by Crippen LogP contribution is -2.34. The minimum Gasteiger partial charge on any atom is -0.460 e. The number of nitrogens with one attached hydrogen (secondary N) is 4. The summed E-state index contributed by atoms with van der Waals surface area (Å²) in [5.74, 6) is -1.99. The predicted octanol–water partition coefficient (Wildman–Crippen LogP) is 10.9. The largest absolute Gasteiger partial charge is 0.460 e. The minimum atomic E-state index is -1.46. The van der Waals surface area contributed by atoms with E-state index in [1.54, 1.807) is 72.8 Å². The molecular formula is C66H66N4O16. The molecule has 4 amide bonds. The van der Waals surface area contributed by atoms with Crippen molar-refractivity contribution in [2.24, 2.45) is 0 Å². The molecule has 20 nitrogen and oxygen atoms in total. The van der Waals surface area contributed by atoms with Crippen LogP contribution in [-0.2, 0) is 43.5 Å². The molecule has 20 heteroatoms. The Bertz CT molecular complexity index is 3320. The molecule has 0 aliphatic rings. The van der Waals surface area contributed by atoms with E-state index in [-0.39, 0.29) is 97.9 Å². The Labute approximate surface area is 497 Å². The van der Waals surface area contributed by atoms with E-state index < -0.39 is 53.7 Å². The molecule has 0 spiro atoms. The summed E-state index contributed by atoms with van der Waals surface area (Å²) in [7, 11) is 0. The Morgan fingerprint density at radius 1 is 0.360 bits per heavy atom. The number of rotatable bonds is 26. The Morgan fingerprint density at radius 3 is 0.965 bits per heavy atom. The quantitative estimate of drug-likeness (QED) is 0.0129. The second-order valence-electron chi connectivity index (χ2n) is 19.5. The van der Waals surface area contributed by atoms with Crippen LogP contribution in [0.2, 0.25) is 0 Å². The van der Waals surface area contributed by atoms with Crippen molar-refractivity contribution in [1.29, 1.82) is 0 Å². The Balaban J connectivity index is 1.47. The van der Waals surface area contributed by atoms with Gasteiger partial charge in [0.05, 0.1) is 26.2 Å². The molecule has 446 valence electrons. The van der Waals surface area contributed by atoms with Gasteiger partial charge in [-0.25, -0.2) is 38.4 Å². The van der Waals surface area contributed by atoms with Gasteiger partial charge >= 0.3 is 48.3 Å². The minimum absolute atomic E-state index is 0.0177. The molecule has 0 fully saturated rings. The van der Waals surface area contributed by atoms with Crippen molar-refractivity contribution >= 4 is 48.3 Å². The molecule has 0 heterocycles. The van der Waals surface area contributed by atoms with Gasteiger partial charge in [0, 0.05) is 38.8 Å². The smallest absolute Gasteiger partial charge is 0.412 e. The lowest BCUT2D eigenvalue weighted by molar-refractivity contribution is -0.139. The van der Waals surface area contributed by atoms with Crippen LogP contribution in [0.4, 0.5) is 19.2 Å². The fraction of sp³-hybridized carbons (Fsp3) is 0.212. The van der Waals surface area contributed by atoms with Gasteiger partial charge in [0.15, 0.2) is 0 Å². The van der Waals surface area contributed by atoms with Crippen molar-refractivity contribution < 1.29 is 76.3 Å². The number of esters is 4. The molecule has 0 aromatic heterocycles. The van der Waals surface area contributed by atoms with E-state index in [4.69, 9.17) is 37.9 Å². The van der Waals surface area contributed by atoms with E-state index in [9.17, 15) is 38.4 Å². The van der Waals surface area contributed by atoms with Crippen LogP contribution in [0.1, 0.15) is 51.3 Å². The van der Waals surface area contributed by atoms with Gasteiger partial charge in [0.1, 0.15) is 49.4 Å². The van der Waals surface area contributed by atoms with Crippen LogP contribution < -0.4 is 40.2 Å². The highest BCUT2D eigenvalue weighted by atomic mass is 16.6. The average molecular weight is 1170 g/mol. The van der Waals surface area contributed by atoms with Gasteiger partial charge in [0.25, 0.3) is 0 Å². The standard InChI is InChI=1S/C66H66N4O16/c1-41(2)58(71)79-35-31-67-62(75)83-52-25-17-47(18-26-52)49-21-29-56(85-64(77)69-33-37-81-60(73)43(5)6)54(39-49)66(9,51-23-15-46(16-24-51)45-13-11-10-12-14-45)55-40-50(22-30-57(55)86-65(78)70-34-38-82-61(74)44(7)8)48-19-27-53(28-20-48)84-63(76)68-32-36-80-59(72)42(3)4/h10-30,39-40H,1,3,5,7,31-38H2,2,4,6,8-9H3,(H,67,75)(H,68,76)(H,69,77)(H,70,78). The first-order chi connectivity index (χ1) is 41.1. The zero-order chi connectivity index (χ0) is 62.3. The van der Waals surface area contributed by atoms with Crippen molar-refractivity contribution in [2.75, 3.05) is 52.6 Å². The third-order valence-electron chi connectivity index (χ3n) is 12.6. The predicted molar refractivity (Wildman–Crippen MR) is 320 cm³/mol. The highest BCUT2D eigenvalue weighted by Crippen LogP contribution is 2.49. The maximum atomic E-state index is 13.9. The van der Waals surface area contributed by atoms with Crippen LogP contribution in [0, 0.1) is 0 Å². The molecule has 0 saturated heterocycles. The number of hydrogen-bond acceptors (Lipinski definition) is 16. The van der Waals surface area contributed by atoms with Crippen molar-refractivity contribution in [1.82, 2.24) is 21.3 Å². The third-order valence-corrected chi connectivity index (χ3v) is 12.6. The lowest BCUT2D eigenvalue weighted by Gasteiger charge is -2.35. The second-order valence-corrected chi connectivity index (χ2v) is 19.5. The summed E-state index contributed by atoms with van der Waals surface area (Å²) < 4.78 is 43.9. The molecule has 0 saturated carbocycles. The fourth-order valence-electron chi connectivity index (χ4n) is 8.13. The van der Waals surface area contributed by atoms with Gasteiger partial charge in [-0.1, -0.05) is 117 Å². The SMILES string of the molecule is C=C(C)C(=O)OCCNC(=O)Oc1ccc(-c2ccc(OC(=O)NCCOC(=O)C(=C)C)c(C(C)(c3ccc(-c4ccccc4)cc3)c3cc(-c4ccc(OC(=O)NCCOC(=O)C(=C)C)cc4)ccc3OC(=O)NCCOC(=O)C(=C)C)c2)cc1. The number of ether oxygens (including phenoxy) is 8. The molecule has 0 atom stereocenters. The van der Waals surface area contributed by atoms with Gasteiger partial charge < -0.3 is 59.2 Å². The molecule has 6 rings (SSSR count). The van der Waals surface area contributed by atoms with Gasteiger partial charge in [-0.05, 0) is 122 Å². The van der Waals surface area contributed by atoms with Crippen LogP contribution >= 0.6 is 0 Å². The summed E-state index contributed by atoms with van der Waals surface area (Å²) in [4.78, 5) is 101. The van der Waals surface area contributed by atoms with Crippen LogP contribution in [0.3, 0.4) is 0 Å². The van der Waals surface area contributed by atoms with Gasteiger partial charge in [-0.2, -0.15) is 0 Å². The zero-order valence-corrected chi connectivity index (χ0v) is 48.3. The number of benzene rings is 6. The molecule has 0 unspecified atom stereocenters. The van der Waals surface area contributed by atoms with E-state index >= 15 is 0 Å². The maximum Gasteiger partial charge on any atom is 0.412 e. The van der Waals surface area contributed by atoms with Crippen LogP contribution in [0.15, 0.2) is 188 Å². The first-order valence-corrected chi connectivity index (χ1v) is 26.9. The van der Waals surface area contributed by atoms with E-state index in [1.165, 1.54) is 27.7 Å². The normalized spacial score (nSPS) is 10.6. The van der Waals surface area contributed by atoms with Gasteiger partial charge in [0.2, 0.25) is 0 Å². The monoisotopic (exact) mass is 1170 g/mol. The van der Waals surface area contributed by atoms with Crippen molar-refractivity contribution in [3.8, 4) is 56.4 Å². The first kappa shape index (κ1) is 64.4. The topological polar surface area (TPSA) is 259 Å². The maximum absolute atomic E-state index is 13.9. The fourth-order valence-corrected chi connectivity index (χ4v) is 8.13. The van der Waals surface area contributed by atoms with Crippen LogP contribution in [-0.4, -0.2) is 101 Å². The first-order valence-electron chi connectivity index (χ1n) is 26.9. The summed E-state index contributed by atoms with van der Waals surface area (Å²) in [6, 6.07) is 40.8. The van der Waals surface area contributed by atoms with Crippen molar-refractivity contribution in [3.05, 3.63) is 205 Å². The van der Waals surface area contributed by atoms with Crippen molar-refractivity contribution in [3.63, 3.8) is 0 Å². The molecule has 0 bridgehead atoms. The molecule has 6 aromatic carbocycles. The number of carbonyl (C=O) groups excluding carboxylic acids is 8. The van der Waals surface area contributed by atoms with Gasteiger partial charge in [-0.15, -0.1) is 0 Å². The average Bonchev–Trinajstić information content (AvgIpc) is 0.771. The zero-order valence-electron chi connectivity index (χ0n) is 48.3. The molecular weight excluding hydrogens is 1100 g/mol. The number of amides is 4. The van der Waals surface area contributed by atoms with E-state index in [2.05, 4.69) is 47.6 Å². The van der Waals surface area contributed by atoms with E-state index in [1.807, 2.05) is 73.7 Å². The summed E-state index contributed by atoms with van der Waals surface area (Å²) in [6.45, 7) is 21.3. The molecule has 4 N–H and O–H groups in total. The third kappa shape index (κ3) is 18.6. The summed E-state index contributed by atoms with van der Waals surface area (Å²) in [5, 5.41) is 10.3. The Kier molecular flexibility index (Phi) is 23.3.